The van der Waals surface area contributed by atoms with E-state index in [4.69, 9.17) is 0 Å². The molecule has 0 spiro atoms. The molecule has 0 bridgehead atoms. The lowest BCUT2D eigenvalue weighted by molar-refractivity contribution is -0.135. The number of amides is 1. The van der Waals surface area contributed by atoms with E-state index in [1.165, 1.54) is 13.2 Å². The highest BCUT2D eigenvalue weighted by Gasteiger charge is 2.15. The zero-order chi connectivity index (χ0) is 11.3. The van der Waals surface area contributed by atoms with E-state index < -0.39 is 0 Å². The van der Waals surface area contributed by atoms with E-state index in [1.54, 1.807) is 18.0 Å². The Hall–Kier alpha value is -1.52. The van der Waals surface area contributed by atoms with Crippen molar-refractivity contribution in [2.24, 2.45) is 0 Å². The van der Waals surface area contributed by atoms with Gasteiger partial charge in [0.15, 0.2) is 0 Å². The van der Waals surface area contributed by atoms with Crippen molar-refractivity contribution in [3.8, 4) is 0 Å². The van der Waals surface area contributed by atoms with Gasteiger partial charge in [-0.25, -0.2) is 4.79 Å². The van der Waals surface area contributed by atoms with Crippen LogP contribution in [0.3, 0.4) is 0 Å². The molecular formula is C10H16N2O3. The normalized spacial score (nSPS) is 16.9. The first-order valence-corrected chi connectivity index (χ1v) is 4.89. The number of carbonyl (C=O) groups is 2. The van der Waals surface area contributed by atoms with Gasteiger partial charge in [-0.2, -0.15) is 0 Å². The number of hydrogen-bond acceptors (Lipinski definition) is 4. The van der Waals surface area contributed by atoms with Crippen molar-refractivity contribution >= 4 is 11.9 Å². The Balaban J connectivity index is 2.34. The predicted molar refractivity (Wildman–Crippen MR) is 55.0 cm³/mol. The molecule has 1 heterocycles. The second-order valence-corrected chi connectivity index (χ2v) is 3.38. The van der Waals surface area contributed by atoms with E-state index in [0.29, 0.717) is 13.1 Å². The van der Waals surface area contributed by atoms with Gasteiger partial charge in [-0.1, -0.05) is 0 Å². The number of carbonyl (C=O) groups excluding carboxylic acids is 2. The second kappa shape index (κ2) is 5.38. The molecule has 1 saturated heterocycles. The lowest BCUT2D eigenvalue weighted by Crippen LogP contribution is -2.45. The number of methoxy groups -OCH3 is 1. The van der Waals surface area contributed by atoms with Crippen molar-refractivity contribution in [3.63, 3.8) is 0 Å². The Morgan fingerprint density at radius 3 is 2.27 bits per heavy atom. The summed E-state index contributed by atoms with van der Waals surface area (Å²) in [6.45, 7) is 4.50. The number of piperazine rings is 1. The molecule has 5 nitrogen and oxygen atoms in total. The third-order valence-corrected chi connectivity index (χ3v) is 2.38. The Bertz CT molecular complexity index is 268. The Labute approximate surface area is 89.3 Å². The van der Waals surface area contributed by atoms with Crippen molar-refractivity contribution in [2.45, 2.75) is 6.92 Å². The van der Waals surface area contributed by atoms with Crippen molar-refractivity contribution in [1.29, 1.82) is 0 Å². The molecule has 84 valence electrons. The summed E-state index contributed by atoms with van der Waals surface area (Å²) in [4.78, 5) is 25.7. The molecule has 0 aliphatic carbocycles. The summed E-state index contributed by atoms with van der Waals surface area (Å²) in [6, 6.07) is 0. The Morgan fingerprint density at radius 2 is 1.80 bits per heavy atom. The van der Waals surface area contributed by atoms with Gasteiger partial charge in [0.25, 0.3) is 0 Å². The molecule has 0 radical (unpaired) electrons. The first kappa shape index (κ1) is 11.6. The molecule has 1 fully saturated rings. The van der Waals surface area contributed by atoms with Crippen LogP contribution in [0.15, 0.2) is 12.3 Å². The highest BCUT2D eigenvalue weighted by atomic mass is 16.5. The Morgan fingerprint density at radius 1 is 1.20 bits per heavy atom. The van der Waals surface area contributed by atoms with Gasteiger partial charge in [0.1, 0.15) is 0 Å². The molecule has 0 atom stereocenters. The molecule has 0 aromatic heterocycles. The van der Waals surface area contributed by atoms with E-state index >= 15 is 0 Å². The molecule has 0 aromatic rings. The summed E-state index contributed by atoms with van der Waals surface area (Å²) in [5.41, 5.74) is 0. The zero-order valence-corrected chi connectivity index (χ0v) is 9.10. The van der Waals surface area contributed by atoms with Crippen LogP contribution in [-0.2, 0) is 14.3 Å². The highest BCUT2D eigenvalue weighted by Crippen LogP contribution is 2.02. The lowest BCUT2D eigenvalue weighted by Gasteiger charge is -2.33. The lowest BCUT2D eigenvalue weighted by atomic mass is 10.3. The molecule has 15 heavy (non-hydrogen) atoms. The molecule has 0 N–H and O–H groups in total. The smallest absolute Gasteiger partial charge is 0.331 e. The van der Waals surface area contributed by atoms with Crippen molar-refractivity contribution < 1.29 is 14.3 Å². The average Bonchev–Trinajstić information content (AvgIpc) is 2.26. The molecule has 1 amide bonds. The number of esters is 1. The van der Waals surface area contributed by atoms with E-state index in [1.807, 2.05) is 4.90 Å². The number of ether oxygens (including phenoxy) is 1. The van der Waals surface area contributed by atoms with Gasteiger partial charge in [0.05, 0.1) is 7.11 Å². The zero-order valence-electron chi connectivity index (χ0n) is 9.10. The molecule has 5 heteroatoms. The van der Waals surface area contributed by atoms with Crippen LogP contribution in [0, 0.1) is 0 Å². The van der Waals surface area contributed by atoms with Crippen LogP contribution in [0.1, 0.15) is 6.92 Å². The van der Waals surface area contributed by atoms with Crippen LogP contribution in [0.25, 0.3) is 0 Å². The molecule has 1 aliphatic heterocycles. The summed E-state index contributed by atoms with van der Waals surface area (Å²) >= 11 is 0. The Kier molecular flexibility index (Phi) is 4.15. The fourth-order valence-electron chi connectivity index (χ4n) is 1.42. The molecule has 1 rings (SSSR count). The minimum Gasteiger partial charge on any atom is -0.466 e. The third-order valence-electron chi connectivity index (χ3n) is 2.38. The topological polar surface area (TPSA) is 49.9 Å². The molecule has 0 unspecified atom stereocenters. The number of nitrogens with zero attached hydrogens (tertiary/aromatic N) is 2. The SMILES string of the molecule is COC(=O)C=CN1CCN(C(C)=O)CC1. The van der Waals surface area contributed by atoms with Crippen LogP contribution in [-0.4, -0.2) is 55.0 Å². The fourth-order valence-corrected chi connectivity index (χ4v) is 1.42. The number of rotatable bonds is 2. The fraction of sp³-hybridized carbons (Fsp3) is 0.600. The van der Waals surface area contributed by atoms with Crippen molar-refractivity contribution in [2.75, 3.05) is 33.3 Å². The molecular weight excluding hydrogens is 196 g/mol. The first-order valence-electron chi connectivity index (χ1n) is 4.89. The van der Waals surface area contributed by atoms with E-state index in [9.17, 15) is 9.59 Å². The quantitative estimate of drug-likeness (QED) is 0.471. The second-order valence-electron chi connectivity index (χ2n) is 3.38. The van der Waals surface area contributed by atoms with E-state index in [0.717, 1.165) is 13.1 Å². The van der Waals surface area contributed by atoms with Gasteiger partial charge in [0, 0.05) is 45.4 Å². The first-order chi connectivity index (χ1) is 7.13. The number of hydrogen-bond donors (Lipinski definition) is 0. The van der Waals surface area contributed by atoms with Crippen LogP contribution >= 0.6 is 0 Å². The maximum Gasteiger partial charge on any atom is 0.331 e. The van der Waals surface area contributed by atoms with Crippen molar-refractivity contribution in [1.82, 2.24) is 9.80 Å². The van der Waals surface area contributed by atoms with Crippen LogP contribution in [0.4, 0.5) is 0 Å². The summed E-state index contributed by atoms with van der Waals surface area (Å²) < 4.78 is 4.48. The van der Waals surface area contributed by atoms with Gasteiger partial charge in [-0.15, -0.1) is 0 Å². The maximum absolute atomic E-state index is 11.0. The van der Waals surface area contributed by atoms with Gasteiger partial charge in [0.2, 0.25) is 5.91 Å². The third kappa shape index (κ3) is 3.61. The highest BCUT2D eigenvalue weighted by molar-refractivity contribution is 5.81. The minimum atomic E-state index is -0.357. The maximum atomic E-state index is 11.0. The molecule has 0 saturated carbocycles. The van der Waals surface area contributed by atoms with Crippen LogP contribution < -0.4 is 0 Å². The summed E-state index contributed by atoms with van der Waals surface area (Å²) in [5.74, 6) is -0.254. The minimum absolute atomic E-state index is 0.103. The summed E-state index contributed by atoms with van der Waals surface area (Å²) in [6.07, 6.45) is 3.10. The van der Waals surface area contributed by atoms with Gasteiger partial charge < -0.3 is 14.5 Å². The largest absolute Gasteiger partial charge is 0.466 e. The van der Waals surface area contributed by atoms with Gasteiger partial charge in [-0.05, 0) is 0 Å². The van der Waals surface area contributed by atoms with Gasteiger partial charge >= 0.3 is 5.97 Å². The molecule has 1 aliphatic rings. The van der Waals surface area contributed by atoms with E-state index in [-0.39, 0.29) is 11.9 Å². The van der Waals surface area contributed by atoms with Gasteiger partial charge in [-0.3, -0.25) is 4.79 Å². The standard InChI is InChI=1S/C10H16N2O3/c1-9(13)12-7-5-11(6-8-12)4-3-10(14)15-2/h3-4H,5-8H2,1-2H3. The van der Waals surface area contributed by atoms with E-state index in [2.05, 4.69) is 4.74 Å². The average molecular weight is 212 g/mol. The van der Waals surface area contributed by atoms with Crippen LogP contribution in [0.2, 0.25) is 0 Å². The van der Waals surface area contributed by atoms with Crippen molar-refractivity contribution in [3.05, 3.63) is 12.3 Å². The summed E-state index contributed by atoms with van der Waals surface area (Å²) in [5, 5.41) is 0. The summed E-state index contributed by atoms with van der Waals surface area (Å²) in [7, 11) is 1.35. The molecule has 0 aromatic carbocycles. The predicted octanol–water partition coefficient (Wildman–Crippen LogP) is -0.163. The monoisotopic (exact) mass is 212 g/mol. The van der Waals surface area contributed by atoms with Crippen LogP contribution in [0.5, 0.6) is 0 Å².